The molecule has 5 rings (SSSR count). The summed E-state index contributed by atoms with van der Waals surface area (Å²) in [6, 6.07) is 0.880. The molecule has 4 heterocycles. The minimum Gasteiger partial charge on any atom is -0.477 e. The molecule has 0 radical (unpaired) electrons. The highest BCUT2D eigenvalue weighted by molar-refractivity contribution is 6.05. The Morgan fingerprint density at radius 3 is 2.63 bits per heavy atom. The van der Waals surface area contributed by atoms with E-state index in [0.717, 1.165) is 63.7 Å². The summed E-state index contributed by atoms with van der Waals surface area (Å²) in [5.41, 5.74) is -0.0786. The van der Waals surface area contributed by atoms with Gasteiger partial charge in [0.15, 0.2) is 17.5 Å². The fourth-order valence-electron chi connectivity index (χ4n) is 4.86. The number of hydrogen-bond donors (Lipinski definition) is 4. The Kier molecular flexibility index (Phi) is 6.18. The predicted octanol–water partition coefficient (Wildman–Crippen LogP) is 3.52. The van der Waals surface area contributed by atoms with Gasteiger partial charge < -0.3 is 25.6 Å². The number of anilines is 1. The molecule has 0 aromatic carbocycles. The van der Waals surface area contributed by atoms with E-state index in [9.17, 15) is 23.5 Å². The molecule has 3 aromatic heterocycles. The lowest BCUT2D eigenvalue weighted by atomic mass is 9.91. The molecule has 12 heteroatoms. The standard InChI is InChI=1S/C23H25F2N7O3/c24-12-8-15-17(18(22(33)34)30-19(15)26-10-12)21-27-11-16(25)20(31-21)28-13-4-3-5-14(9-13)29-23(35)32-6-1-2-7-32/h8,10-11,13-14H,1-7,9H2,(H,26,30)(H,29,35)(H,33,34)(H,27,28,31)/t13-,14+/m0/s1. The molecule has 1 saturated carbocycles. The van der Waals surface area contributed by atoms with Crippen molar-refractivity contribution in [1.29, 1.82) is 0 Å². The second-order valence-electron chi connectivity index (χ2n) is 8.97. The average Bonchev–Trinajstić information content (AvgIpc) is 3.49. The number of halogens is 2. The van der Waals surface area contributed by atoms with Crippen LogP contribution < -0.4 is 10.6 Å². The van der Waals surface area contributed by atoms with Gasteiger partial charge >= 0.3 is 12.0 Å². The normalized spacial score (nSPS) is 20.2. The SMILES string of the molecule is O=C(O)c1[nH]c2ncc(F)cc2c1-c1ncc(F)c(N[C@H]2CCC[C@@H](NC(=O)N3CCCC3)C2)n1. The first-order chi connectivity index (χ1) is 16.9. The van der Waals surface area contributed by atoms with Gasteiger partial charge in [-0.3, -0.25) is 0 Å². The molecule has 3 aromatic rings. The van der Waals surface area contributed by atoms with Crippen LogP contribution >= 0.6 is 0 Å². The molecule has 1 aliphatic carbocycles. The molecule has 35 heavy (non-hydrogen) atoms. The summed E-state index contributed by atoms with van der Waals surface area (Å²) in [6.07, 6.45) is 7.00. The Morgan fingerprint density at radius 2 is 1.86 bits per heavy atom. The van der Waals surface area contributed by atoms with Crippen molar-refractivity contribution < 1.29 is 23.5 Å². The average molecular weight is 485 g/mol. The number of rotatable bonds is 5. The molecular formula is C23H25F2N7O3. The smallest absolute Gasteiger partial charge is 0.353 e. The largest absolute Gasteiger partial charge is 0.477 e. The molecular weight excluding hydrogens is 460 g/mol. The zero-order chi connectivity index (χ0) is 24.5. The molecule has 2 aliphatic rings. The van der Waals surface area contributed by atoms with Crippen molar-refractivity contribution in [2.45, 2.75) is 50.6 Å². The molecule has 184 valence electrons. The van der Waals surface area contributed by atoms with Gasteiger partial charge in [0.1, 0.15) is 17.2 Å². The molecule has 1 saturated heterocycles. The van der Waals surface area contributed by atoms with E-state index in [0.29, 0.717) is 6.42 Å². The second-order valence-corrected chi connectivity index (χ2v) is 8.97. The van der Waals surface area contributed by atoms with Crippen molar-refractivity contribution >= 4 is 28.9 Å². The molecule has 2 fully saturated rings. The number of carbonyl (C=O) groups is 2. The van der Waals surface area contributed by atoms with Crippen molar-refractivity contribution in [3.05, 3.63) is 35.8 Å². The Hall–Kier alpha value is -3.83. The maximum Gasteiger partial charge on any atom is 0.353 e. The van der Waals surface area contributed by atoms with Gasteiger partial charge in [0, 0.05) is 30.6 Å². The molecule has 2 atom stereocenters. The van der Waals surface area contributed by atoms with Crippen LogP contribution in [0.1, 0.15) is 49.0 Å². The summed E-state index contributed by atoms with van der Waals surface area (Å²) in [6.45, 7) is 1.53. The van der Waals surface area contributed by atoms with E-state index >= 15 is 0 Å². The van der Waals surface area contributed by atoms with Gasteiger partial charge in [-0.15, -0.1) is 0 Å². The summed E-state index contributed by atoms with van der Waals surface area (Å²) in [5.74, 6) is -2.80. The van der Waals surface area contributed by atoms with Crippen molar-refractivity contribution in [2.24, 2.45) is 0 Å². The number of fused-ring (bicyclic) bond motifs is 1. The van der Waals surface area contributed by atoms with E-state index in [2.05, 4.69) is 30.6 Å². The molecule has 0 unspecified atom stereocenters. The van der Waals surface area contributed by atoms with E-state index < -0.39 is 17.6 Å². The van der Waals surface area contributed by atoms with Crippen molar-refractivity contribution in [3.63, 3.8) is 0 Å². The molecule has 2 amide bonds. The van der Waals surface area contributed by atoms with E-state index in [1.165, 1.54) is 0 Å². The topological polar surface area (TPSA) is 136 Å². The number of nitrogens with one attached hydrogen (secondary N) is 3. The molecule has 10 nitrogen and oxygen atoms in total. The number of urea groups is 1. The number of amides is 2. The first kappa shape index (κ1) is 22.9. The molecule has 0 bridgehead atoms. The van der Waals surface area contributed by atoms with Crippen molar-refractivity contribution in [3.8, 4) is 11.4 Å². The minimum atomic E-state index is -1.30. The third-order valence-electron chi connectivity index (χ3n) is 6.53. The van der Waals surface area contributed by atoms with E-state index in [4.69, 9.17) is 0 Å². The number of hydrogen-bond acceptors (Lipinski definition) is 6. The van der Waals surface area contributed by atoms with Crippen LogP contribution in [-0.2, 0) is 0 Å². The zero-order valence-electron chi connectivity index (χ0n) is 18.9. The lowest BCUT2D eigenvalue weighted by Crippen LogP contribution is -2.47. The summed E-state index contributed by atoms with van der Waals surface area (Å²) in [5, 5.41) is 16.0. The molecule has 1 aliphatic heterocycles. The van der Waals surface area contributed by atoms with Gasteiger partial charge in [-0.2, -0.15) is 0 Å². The second kappa shape index (κ2) is 9.43. The van der Waals surface area contributed by atoms with Crippen LogP contribution in [0.15, 0.2) is 18.5 Å². The van der Waals surface area contributed by atoms with Crippen LogP contribution in [0.4, 0.5) is 19.4 Å². The number of nitrogens with zero attached hydrogens (tertiary/aromatic N) is 4. The number of likely N-dealkylation sites (tertiary alicyclic amines) is 1. The Morgan fingerprint density at radius 1 is 1.09 bits per heavy atom. The lowest BCUT2D eigenvalue weighted by Gasteiger charge is -2.32. The Balaban J connectivity index is 1.38. The highest BCUT2D eigenvalue weighted by atomic mass is 19.1. The third-order valence-corrected chi connectivity index (χ3v) is 6.53. The third kappa shape index (κ3) is 4.73. The highest BCUT2D eigenvalue weighted by Crippen LogP contribution is 2.31. The molecule has 4 N–H and O–H groups in total. The van der Waals surface area contributed by atoms with Gasteiger partial charge in [-0.05, 0) is 44.6 Å². The maximum atomic E-state index is 14.7. The molecule has 0 spiro atoms. The maximum absolute atomic E-state index is 14.7. The van der Waals surface area contributed by atoms with Crippen molar-refractivity contribution in [2.75, 3.05) is 18.4 Å². The number of aromatic amines is 1. The van der Waals surface area contributed by atoms with E-state index in [-0.39, 0.29) is 52.0 Å². The summed E-state index contributed by atoms with van der Waals surface area (Å²) < 4.78 is 28.5. The fourth-order valence-corrected chi connectivity index (χ4v) is 4.86. The van der Waals surface area contributed by atoms with Crippen LogP contribution in [-0.4, -0.2) is 67.1 Å². The first-order valence-electron chi connectivity index (χ1n) is 11.6. The number of carboxylic acids is 1. The zero-order valence-corrected chi connectivity index (χ0v) is 18.9. The number of H-pyrrole nitrogens is 1. The van der Waals surface area contributed by atoms with Crippen LogP contribution in [0.5, 0.6) is 0 Å². The van der Waals surface area contributed by atoms with Gasteiger partial charge in [0.05, 0.1) is 18.0 Å². The number of carbonyl (C=O) groups excluding carboxylic acids is 1. The van der Waals surface area contributed by atoms with Gasteiger partial charge in [0.25, 0.3) is 0 Å². The van der Waals surface area contributed by atoms with Gasteiger partial charge in [0.2, 0.25) is 0 Å². The van der Waals surface area contributed by atoms with Crippen LogP contribution in [0.25, 0.3) is 22.4 Å². The number of pyridine rings is 1. The highest BCUT2D eigenvalue weighted by Gasteiger charge is 2.28. The van der Waals surface area contributed by atoms with Gasteiger partial charge in [-0.1, -0.05) is 0 Å². The monoisotopic (exact) mass is 485 g/mol. The van der Waals surface area contributed by atoms with Crippen molar-refractivity contribution in [1.82, 2.24) is 30.2 Å². The Bertz CT molecular complexity index is 1280. The summed E-state index contributed by atoms with van der Waals surface area (Å²) >= 11 is 0. The van der Waals surface area contributed by atoms with Gasteiger partial charge in [-0.25, -0.2) is 33.3 Å². The quantitative estimate of drug-likeness (QED) is 0.434. The van der Waals surface area contributed by atoms with E-state index in [1.807, 2.05) is 4.90 Å². The predicted molar refractivity (Wildman–Crippen MR) is 123 cm³/mol. The number of carboxylic acid groups (broad SMARTS) is 1. The minimum absolute atomic E-state index is 0.0296. The fraction of sp³-hybridized carbons (Fsp3) is 0.435. The number of aromatic nitrogens is 4. The first-order valence-corrected chi connectivity index (χ1v) is 11.6. The summed E-state index contributed by atoms with van der Waals surface area (Å²) in [7, 11) is 0. The lowest BCUT2D eigenvalue weighted by molar-refractivity contribution is 0.0692. The Labute approximate surface area is 199 Å². The van der Waals surface area contributed by atoms with Crippen LogP contribution in [0.3, 0.4) is 0 Å². The van der Waals surface area contributed by atoms with Crippen LogP contribution in [0, 0.1) is 11.6 Å². The number of aromatic carboxylic acids is 1. The van der Waals surface area contributed by atoms with Crippen LogP contribution in [0.2, 0.25) is 0 Å². The summed E-state index contributed by atoms with van der Waals surface area (Å²) in [4.78, 5) is 40.8. The van der Waals surface area contributed by atoms with E-state index in [1.54, 1.807) is 0 Å².